The molecule has 5 rings (SSSR count). The molecule has 0 aliphatic carbocycles. The minimum Gasteiger partial charge on any atom is -0.243 e. The van der Waals surface area contributed by atoms with Gasteiger partial charge in [0.1, 0.15) is 6.67 Å². The molecule has 142 valence electrons. The molecule has 0 bridgehead atoms. The number of nitrogens with zero attached hydrogens (tertiary/aromatic N) is 4. The highest BCUT2D eigenvalue weighted by molar-refractivity contribution is 5.72. The lowest BCUT2D eigenvalue weighted by Gasteiger charge is -2.37. The summed E-state index contributed by atoms with van der Waals surface area (Å²) in [4.78, 5) is 0. The first kappa shape index (κ1) is 17.2. The van der Waals surface area contributed by atoms with Crippen molar-refractivity contribution in [2.75, 3.05) is 26.9 Å². The predicted molar refractivity (Wildman–Crippen MR) is 121 cm³/mol. The Bertz CT molecular complexity index is 952. The van der Waals surface area contributed by atoms with Crippen LogP contribution >= 0.6 is 0 Å². The number of anilines is 4. The van der Waals surface area contributed by atoms with Crippen molar-refractivity contribution in [3.05, 3.63) is 121 Å². The Morgan fingerprint density at radius 1 is 0.345 bits per heavy atom. The lowest BCUT2D eigenvalue weighted by Crippen LogP contribution is -2.48. The van der Waals surface area contributed by atoms with Crippen LogP contribution in [0.2, 0.25) is 0 Å². The van der Waals surface area contributed by atoms with Crippen molar-refractivity contribution in [1.82, 2.24) is 0 Å². The molecule has 0 N–H and O–H groups in total. The van der Waals surface area contributed by atoms with Crippen molar-refractivity contribution in [2.24, 2.45) is 0 Å². The van der Waals surface area contributed by atoms with E-state index in [1.165, 1.54) is 0 Å². The lowest BCUT2D eigenvalue weighted by molar-refractivity contribution is 0.823. The van der Waals surface area contributed by atoms with Gasteiger partial charge in [0, 0.05) is 0 Å². The molecule has 1 aliphatic heterocycles. The van der Waals surface area contributed by atoms with Crippen LogP contribution in [-0.4, -0.2) is 6.67 Å². The maximum Gasteiger partial charge on any atom is 0.134 e. The fourth-order valence-corrected chi connectivity index (χ4v) is 3.65. The number of hydrazine groups is 3. The fourth-order valence-electron chi connectivity index (χ4n) is 3.65. The Morgan fingerprint density at radius 2 is 0.621 bits per heavy atom. The average molecular weight is 378 g/mol. The van der Waals surface area contributed by atoms with Crippen molar-refractivity contribution in [2.45, 2.75) is 0 Å². The molecule has 4 aromatic rings. The highest BCUT2D eigenvalue weighted by atomic mass is 16.1. The Kier molecular flexibility index (Phi) is 4.51. The molecule has 4 heteroatoms. The summed E-state index contributed by atoms with van der Waals surface area (Å²) in [6.45, 7) is 0.692. The molecule has 0 aromatic heterocycles. The third-order valence-electron chi connectivity index (χ3n) is 4.99. The van der Waals surface area contributed by atoms with E-state index >= 15 is 0 Å². The SMILES string of the molecule is c1ccc(N2CN(c3ccccc3)N(c3ccccc3)N2c2ccccc2)cc1. The van der Waals surface area contributed by atoms with Crippen LogP contribution in [0.5, 0.6) is 0 Å². The molecule has 0 amide bonds. The Morgan fingerprint density at radius 3 is 0.931 bits per heavy atom. The zero-order valence-electron chi connectivity index (χ0n) is 16.0. The second-order valence-electron chi connectivity index (χ2n) is 6.86. The Labute approximate surface area is 171 Å². The first-order valence-corrected chi connectivity index (χ1v) is 9.77. The van der Waals surface area contributed by atoms with Crippen LogP contribution in [0.15, 0.2) is 121 Å². The van der Waals surface area contributed by atoms with Crippen molar-refractivity contribution in [3.8, 4) is 0 Å². The first-order valence-electron chi connectivity index (χ1n) is 9.77. The van der Waals surface area contributed by atoms with E-state index in [1.807, 2.05) is 12.1 Å². The van der Waals surface area contributed by atoms with Crippen LogP contribution in [0.4, 0.5) is 22.7 Å². The average Bonchev–Trinajstić information content (AvgIpc) is 3.22. The standard InChI is InChI=1S/C25H22N4/c1-5-13-22(14-6-1)26-21-27(23-15-7-2-8-16-23)29(25-19-11-4-12-20-25)28(26)24-17-9-3-10-18-24/h1-20H,21H2. The van der Waals surface area contributed by atoms with Crippen LogP contribution < -0.4 is 20.3 Å². The maximum absolute atomic E-state index is 2.29. The van der Waals surface area contributed by atoms with E-state index in [0.717, 1.165) is 22.7 Å². The monoisotopic (exact) mass is 378 g/mol. The van der Waals surface area contributed by atoms with E-state index in [1.54, 1.807) is 0 Å². The van der Waals surface area contributed by atoms with E-state index < -0.39 is 0 Å². The second-order valence-corrected chi connectivity index (χ2v) is 6.86. The van der Waals surface area contributed by atoms with E-state index in [4.69, 9.17) is 0 Å². The highest BCUT2D eigenvalue weighted by Gasteiger charge is 2.37. The van der Waals surface area contributed by atoms with Crippen LogP contribution in [-0.2, 0) is 0 Å². The van der Waals surface area contributed by atoms with Gasteiger partial charge in [-0.1, -0.05) is 72.8 Å². The Balaban J connectivity index is 1.69. The molecule has 0 saturated carbocycles. The van der Waals surface area contributed by atoms with Crippen molar-refractivity contribution < 1.29 is 0 Å². The normalized spacial score (nSPS) is 13.8. The molecule has 0 radical (unpaired) electrons. The summed E-state index contributed by atoms with van der Waals surface area (Å²) >= 11 is 0. The van der Waals surface area contributed by atoms with Gasteiger partial charge < -0.3 is 0 Å². The summed E-state index contributed by atoms with van der Waals surface area (Å²) < 4.78 is 0. The van der Waals surface area contributed by atoms with Crippen LogP contribution in [0, 0.1) is 0 Å². The summed E-state index contributed by atoms with van der Waals surface area (Å²) in [5, 5.41) is 9.04. The van der Waals surface area contributed by atoms with Gasteiger partial charge >= 0.3 is 0 Å². The molecule has 4 aromatic carbocycles. The van der Waals surface area contributed by atoms with Gasteiger partial charge in [-0.2, -0.15) is 10.2 Å². The van der Waals surface area contributed by atoms with Gasteiger partial charge in [0.25, 0.3) is 0 Å². The number of para-hydroxylation sites is 4. The first-order chi connectivity index (χ1) is 14.4. The molecule has 1 fully saturated rings. The molecule has 0 atom stereocenters. The molecule has 4 nitrogen and oxygen atoms in total. The Hall–Kier alpha value is -3.92. The maximum atomic E-state index is 2.29. The zero-order valence-corrected chi connectivity index (χ0v) is 16.0. The second kappa shape index (κ2) is 7.60. The summed E-state index contributed by atoms with van der Waals surface area (Å²) in [7, 11) is 0. The van der Waals surface area contributed by atoms with E-state index in [9.17, 15) is 0 Å². The van der Waals surface area contributed by atoms with Crippen LogP contribution in [0.3, 0.4) is 0 Å². The third-order valence-corrected chi connectivity index (χ3v) is 4.99. The van der Waals surface area contributed by atoms with Gasteiger partial charge in [-0.05, 0) is 48.5 Å². The van der Waals surface area contributed by atoms with E-state index in [-0.39, 0.29) is 0 Å². The van der Waals surface area contributed by atoms with Gasteiger partial charge in [-0.15, -0.1) is 0 Å². The van der Waals surface area contributed by atoms with E-state index in [2.05, 4.69) is 129 Å². The molecule has 1 saturated heterocycles. The highest BCUT2D eigenvalue weighted by Crippen LogP contribution is 2.36. The number of rotatable bonds is 4. The molecule has 0 unspecified atom stereocenters. The molecule has 1 heterocycles. The predicted octanol–water partition coefficient (Wildman–Crippen LogP) is 5.73. The van der Waals surface area contributed by atoms with Gasteiger partial charge in [0.05, 0.1) is 22.7 Å². The fraction of sp³-hybridized carbons (Fsp3) is 0.0400. The summed E-state index contributed by atoms with van der Waals surface area (Å²) in [6.07, 6.45) is 0. The summed E-state index contributed by atoms with van der Waals surface area (Å²) in [5.41, 5.74) is 4.46. The molecular formula is C25H22N4. The summed E-state index contributed by atoms with van der Waals surface area (Å²) in [6, 6.07) is 42.0. The molecular weight excluding hydrogens is 356 g/mol. The van der Waals surface area contributed by atoms with Crippen LogP contribution in [0.1, 0.15) is 0 Å². The smallest absolute Gasteiger partial charge is 0.134 e. The van der Waals surface area contributed by atoms with E-state index in [0.29, 0.717) is 6.67 Å². The third kappa shape index (κ3) is 3.25. The topological polar surface area (TPSA) is 13.0 Å². The number of hydrogen-bond donors (Lipinski definition) is 0. The molecule has 1 aliphatic rings. The zero-order chi connectivity index (χ0) is 19.5. The lowest BCUT2D eigenvalue weighted by atomic mass is 10.3. The van der Waals surface area contributed by atoms with Gasteiger partial charge in [-0.3, -0.25) is 0 Å². The van der Waals surface area contributed by atoms with Gasteiger partial charge in [-0.25, -0.2) is 10.0 Å². The van der Waals surface area contributed by atoms with Gasteiger partial charge in [0.2, 0.25) is 0 Å². The van der Waals surface area contributed by atoms with Crippen molar-refractivity contribution in [1.29, 1.82) is 0 Å². The quantitative estimate of drug-likeness (QED) is 0.450. The number of benzene rings is 4. The molecule has 29 heavy (non-hydrogen) atoms. The minimum atomic E-state index is 0.692. The van der Waals surface area contributed by atoms with Crippen molar-refractivity contribution in [3.63, 3.8) is 0 Å². The van der Waals surface area contributed by atoms with Crippen LogP contribution in [0.25, 0.3) is 0 Å². The van der Waals surface area contributed by atoms with Gasteiger partial charge in [0.15, 0.2) is 0 Å². The van der Waals surface area contributed by atoms with Crippen molar-refractivity contribution >= 4 is 22.7 Å². The molecule has 0 spiro atoms. The summed E-state index contributed by atoms with van der Waals surface area (Å²) in [5.74, 6) is 0. The minimum absolute atomic E-state index is 0.692. The number of hydrogen-bond acceptors (Lipinski definition) is 4. The largest absolute Gasteiger partial charge is 0.243 e.